The Hall–Kier alpha value is -4.20. The van der Waals surface area contributed by atoms with Crippen LogP contribution >= 0.6 is 11.6 Å². The number of nitrogens with zero attached hydrogens (tertiary/aromatic N) is 3. The molecule has 0 aliphatic carbocycles. The Bertz CT molecular complexity index is 1560. The summed E-state index contributed by atoms with van der Waals surface area (Å²) in [5, 5.41) is 13.2. The highest BCUT2D eigenvalue weighted by Crippen LogP contribution is 2.29. The molecule has 4 N–H and O–H groups in total. The quantitative estimate of drug-likeness (QED) is 0.158. The van der Waals surface area contributed by atoms with Crippen molar-refractivity contribution in [3.05, 3.63) is 112 Å². The molecule has 3 aromatic carbocycles. The number of hydrogen-bond acceptors (Lipinski definition) is 6. The summed E-state index contributed by atoms with van der Waals surface area (Å²) >= 11 is 6.09. The predicted molar refractivity (Wildman–Crippen MR) is 154 cm³/mol. The molecule has 0 unspecified atom stereocenters. The lowest BCUT2D eigenvalue weighted by molar-refractivity contribution is 0.103. The number of nitrogen functional groups attached to an aromatic ring is 1. The molecule has 0 atom stereocenters. The van der Waals surface area contributed by atoms with Crippen LogP contribution in [0.5, 0.6) is 0 Å². The Labute approximate surface area is 226 Å². The molecule has 0 aliphatic heterocycles. The Morgan fingerprint density at radius 1 is 1.00 bits per heavy atom. The average molecular weight is 525 g/mol. The van der Waals surface area contributed by atoms with Crippen LogP contribution in [0.4, 0.5) is 11.5 Å². The molecule has 0 saturated heterocycles. The van der Waals surface area contributed by atoms with Crippen LogP contribution in [0.3, 0.4) is 0 Å². The molecule has 0 radical (unpaired) electrons. The summed E-state index contributed by atoms with van der Waals surface area (Å²) in [6.45, 7) is 4.19. The molecule has 192 valence electrons. The van der Waals surface area contributed by atoms with Crippen LogP contribution in [0.25, 0.3) is 16.6 Å². The zero-order valence-corrected chi connectivity index (χ0v) is 21.9. The number of carbonyl (C=O) groups excluding carboxylic acids is 1. The fourth-order valence-electron chi connectivity index (χ4n) is 4.25. The summed E-state index contributed by atoms with van der Waals surface area (Å²) in [7, 11) is 0. The first kappa shape index (κ1) is 25.4. The number of fused-ring (bicyclic) bond motifs is 1. The van der Waals surface area contributed by atoms with Crippen molar-refractivity contribution in [2.24, 2.45) is 0 Å². The van der Waals surface area contributed by atoms with Gasteiger partial charge in [0.2, 0.25) is 5.78 Å². The van der Waals surface area contributed by atoms with Crippen molar-refractivity contribution in [1.29, 1.82) is 0 Å². The molecule has 5 aromatic rings. The molecular weight excluding hydrogens is 496 g/mol. The molecule has 0 aliphatic rings. The fourth-order valence-corrected chi connectivity index (χ4v) is 4.38. The SMILES string of the molecule is Cc1ccc(C(=O)c2nn(-c3ccc(Cl)cc3)c(NCCCNCc3ccc4cccnc4c3)c2N)cc1. The van der Waals surface area contributed by atoms with Crippen molar-refractivity contribution in [2.45, 2.75) is 19.9 Å². The van der Waals surface area contributed by atoms with Crippen LogP contribution in [0.1, 0.15) is 33.6 Å². The van der Waals surface area contributed by atoms with Crippen LogP contribution < -0.4 is 16.4 Å². The summed E-state index contributed by atoms with van der Waals surface area (Å²) in [4.78, 5) is 17.7. The Balaban J connectivity index is 1.26. The van der Waals surface area contributed by atoms with Gasteiger partial charge in [0.1, 0.15) is 5.69 Å². The number of anilines is 2. The van der Waals surface area contributed by atoms with E-state index in [0.29, 0.717) is 28.6 Å². The lowest BCUT2D eigenvalue weighted by atomic mass is 10.1. The van der Waals surface area contributed by atoms with Gasteiger partial charge < -0.3 is 16.4 Å². The van der Waals surface area contributed by atoms with Gasteiger partial charge in [0.15, 0.2) is 11.5 Å². The topological polar surface area (TPSA) is 97.9 Å². The fraction of sp³-hybridized carbons (Fsp3) is 0.167. The molecule has 2 aromatic heterocycles. The van der Waals surface area contributed by atoms with E-state index in [1.165, 1.54) is 5.56 Å². The smallest absolute Gasteiger partial charge is 0.215 e. The monoisotopic (exact) mass is 524 g/mol. The highest BCUT2D eigenvalue weighted by atomic mass is 35.5. The molecule has 2 heterocycles. The van der Waals surface area contributed by atoms with Crippen LogP contribution in [-0.2, 0) is 6.54 Å². The van der Waals surface area contributed by atoms with Gasteiger partial charge in [-0.3, -0.25) is 9.78 Å². The van der Waals surface area contributed by atoms with Gasteiger partial charge in [0, 0.05) is 35.3 Å². The van der Waals surface area contributed by atoms with Crippen molar-refractivity contribution >= 4 is 39.8 Å². The average Bonchev–Trinajstić information content (AvgIpc) is 3.26. The number of nitrogens with one attached hydrogen (secondary N) is 2. The maximum atomic E-state index is 13.2. The van der Waals surface area contributed by atoms with Crippen LogP contribution in [0.15, 0.2) is 85.1 Å². The molecule has 0 saturated carbocycles. The van der Waals surface area contributed by atoms with Crippen LogP contribution in [0.2, 0.25) is 5.02 Å². The minimum absolute atomic E-state index is 0.217. The number of halogens is 1. The second-order valence-corrected chi connectivity index (χ2v) is 9.62. The summed E-state index contributed by atoms with van der Waals surface area (Å²) in [6, 6.07) is 25.0. The maximum Gasteiger partial charge on any atom is 0.215 e. The molecule has 0 amide bonds. The largest absolute Gasteiger partial charge is 0.394 e. The van der Waals surface area contributed by atoms with E-state index in [1.807, 2.05) is 43.5 Å². The van der Waals surface area contributed by atoms with Gasteiger partial charge in [-0.15, -0.1) is 0 Å². The summed E-state index contributed by atoms with van der Waals surface area (Å²) < 4.78 is 1.67. The Kier molecular flexibility index (Phi) is 7.67. The Morgan fingerprint density at radius 2 is 1.79 bits per heavy atom. The molecule has 38 heavy (non-hydrogen) atoms. The van der Waals surface area contributed by atoms with Crippen molar-refractivity contribution in [3.8, 4) is 5.69 Å². The van der Waals surface area contributed by atoms with Gasteiger partial charge in [-0.2, -0.15) is 5.10 Å². The number of aromatic nitrogens is 3. The van der Waals surface area contributed by atoms with Crippen molar-refractivity contribution < 1.29 is 4.79 Å². The molecule has 0 spiro atoms. The second-order valence-electron chi connectivity index (χ2n) is 9.18. The van der Waals surface area contributed by atoms with Crippen LogP contribution in [-0.4, -0.2) is 33.6 Å². The number of pyridine rings is 1. The predicted octanol–water partition coefficient (Wildman–Crippen LogP) is 5.79. The van der Waals surface area contributed by atoms with Gasteiger partial charge in [0.05, 0.1) is 11.2 Å². The number of hydrogen-bond donors (Lipinski definition) is 3. The molecule has 0 fully saturated rings. The van der Waals surface area contributed by atoms with E-state index in [-0.39, 0.29) is 11.5 Å². The van der Waals surface area contributed by atoms with Gasteiger partial charge in [-0.1, -0.05) is 59.6 Å². The maximum absolute atomic E-state index is 13.2. The standard InChI is InChI=1S/C30H29ClN6O/c1-20-5-8-23(9-6-20)29(38)28-27(32)30(37(36-28)25-13-11-24(31)12-14-25)35-17-3-15-33-19-21-7-10-22-4-2-16-34-26(22)18-21/h2,4-14,16,18,33,35H,3,15,17,19,32H2,1H3. The highest BCUT2D eigenvalue weighted by Gasteiger charge is 2.23. The highest BCUT2D eigenvalue weighted by molar-refractivity contribution is 6.30. The number of nitrogens with two attached hydrogens (primary N) is 1. The first-order chi connectivity index (χ1) is 18.5. The van der Waals surface area contributed by atoms with Gasteiger partial charge in [0.25, 0.3) is 0 Å². The van der Waals surface area contributed by atoms with E-state index in [0.717, 1.165) is 41.7 Å². The minimum atomic E-state index is -0.218. The van der Waals surface area contributed by atoms with E-state index in [2.05, 4.69) is 45.0 Å². The van der Waals surface area contributed by atoms with E-state index in [4.69, 9.17) is 17.3 Å². The third kappa shape index (κ3) is 5.69. The number of rotatable bonds is 10. The second kappa shape index (κ2) is 11.5. The van der Waals surface area contributed by atoms with Crippen molar-refractivity contribution in [1.82, 2.24) is 20.1 Å². The minimum Gasteiger partial charge on any atom is -0.394 e. The van der Waals surface area contributed by atoms with Crippen LogP contribution in [0, 0.1) is 6.92 Å². The first-order valence-corrected chi connectivity index (χ1v) is 12.9. The molecule has 8 heteroatoms. The Morgan fingerprint density at radius 3 is 2.58 bits per heavy atom. The number of aryl methyl sites for hydroxylation is 1. The third-order valence-electron chi connectivity index (χ3n) is 6.34. The first-order valence-electron chi connectivity index (χ1n) is 12.5. The molecule has 0 bridgehead atoms. The van der Waals surface area contributed by atoms with Crippen molar-refractivity contribution in [3.63, 3.8) is 0 Å². The number of ketones is 1. The normalized spacial score (nSPS) is 11.1. The van der Waals surface area contributed by atoms with Gasteiger partial charge >= 0.3 is 0 Å². The number of benzene rings is 3. The van der Waals surface area contributed by atoms with E-state index < -0.39 is 0 Å². The molecular formula is C30H29ClN6O. The van der Waals surface area contributed by atoms with E-state index >= 15 is 0 Å². The lowest BCUT2D eigenvalue weighted by Gasteiger charge is -2.11. The summed E-state index contributed by atoms with van der Waals surface area (Å²) in [5.41, 5.74) is 11.6. The lowest BCUT2D eigenvalue weighted by Crippen LogP contribution is -2.18. The number of carbonyl (C=O) groups is 1. The van der Waals surface area contributed by atoms with Gasteiger partial charge in [-0.25, -0.2) is 4.68 Å². The summed E-state index contributed by atoms with van der Waals surface area (Å²) in [6.07, 6.45) is 2.66. The van der Waals surface area contributed by atoms with Gasteiger partial charge in [-0.05, 0) is 61.9 Å². The molecule has 7 nitrogen and oxygen atoms in total. The van der Waals surface area contributed by atoms with E-state index in [9.17, 15) is 4.79 Å². The van der Waals surface area contributed by atoms with E-state index in [1.54, 1.807) is 28.9 Å². The zero-order chi connectivity index (χ0) is 26.5. The van der Waals surface area contributed by atoms with Crippen molar-refractivity contribution in [2.75, 3.05) is 24.1 Å². The molecule has 5 rings (SSSR count). The summed E-state index contributed by atoms with van der Waals surface area (Å²) in [5.74, 6) is 0.369. The zero-order valence-electron chi connectivity index (χ0n) is 21.1. The third-order valence-corrected chi connectivity index (χ3v) is 6.60.